The van der Waals surface area contributed by atoms with E-state index in [1.807, 2.05) is 0 Å². The Hall–Kier alpha value is -0.650. The lowest BCUT2D eigenvalue weighted by atomic mass is 9.85. The summed E-state index contributed by atoms with van der Waals surface area (Å²) in [5.74, 6) is 0.209. The van der Waals surface area contributed by atoms with Crippen molar-refractivity contribution < 1.29 is 24.5 Å². The average molecular weight is 387 g/mol. The normalized spacial score (nSPS) is 23.6. The fourth-order valence-electron chi connectivity index (χ4n) is 4.42. The molecule has 1 aliphatic carbocycles. The van der Waals surface area contributed by atoms with Crippen LogP contribution in [0.5, 0.6) is 0 Å². The molecule has 0 aliphatic heterocycles. The number of aliphatic hydroxyl groups excluding tert-OH is 1. The number of hydrogen-bond acceptors (Lipinski definition) is 4. The molecule has 1 saturated carbocycles. The van der Waals surface area contributed by atoms with E-state index < -0.39 is 12.1 Å². The Morgan fingerprint density at radius 2 is 1.67 bits per heavy atom. The second-order valence-electron chi connectivity index (χ2n) is 8.16. The van der Waals surface area contributed by atoms with Crippen LogP contribution in [0.3, 0.4) is 0 Å². The summed E-state index contributed by atoms with van der Waals surface area (Å²) in [7, 11) is 1.49. The highest BCUT2D eigenvalue weighted by atomic mass is 16.7. The van der Waals surface area contributed by atoms with E-state index in [0.717, 1.165) is 32.1 Å². The predicted molar refractivity (Wildman–Crippen MR) is 108 cm³/mol. The van der Waals surface area contributed by atoms with Gasteiger partial charge in [-0.2, -0.15) is 0 Å². The Balaban J connectivity index is 2.17. The van der Waals surface area contributed by atoms with E-state index in [1.54, 1.807) is 0 Å². The number of carbonyl (C=O) groups is 1. The first-order chi connectivity index (χ1) is 13.1. The van der Waals surface area contributed by atoms with Gasteiger partial charge >= 0.3 is 5.97 Å². The maximum atomic E-state index is 11.1. The van der Waals surface area contributed by atoms with Crippen molar-refractivity contribution in [2.75, 3.05) is 13.9 Å². The second-order valence-corrected chi connectivity index (χ2v) is 8.16. The molecule has 0 heterocycles. The second kappa shape index (κ2) is 15.3. The molecular weight excluding hydrogens is 344 g/mol. The van der Waals surface area contributed by atoms with Crippen LogP contribution >= 0.6 is 0 Å². The van der Waals surface area contributed by atoms with Gasteiger partial charge in [0, 0.05) is 7.11 Å². The van der Waals surface area contributed by atoms with Crippen molar-refractivity contribution in [3.63, 3.8) is 0 Å². The standard InChI is InChI=1S/C22H42O5/c1-3-4-5-6-7-9-12-18-15-16-20(23)19(18)13-10-8-11-14-21(22(24)25)27-17-26-2/h18-21,23H,3-17H2,1-2H3,(H,24,25)/t18-,19+,20-,21?/m0/s1. The van der Waals surface area contributed by atoms with Gasteiger partial charge in [0.2, 0.25) is 0 Å². The van der Waals surface area contributed by atoms with E-state index in [-0.39, 0.29) is 12.9 Å². The fraction of sp³-hybridized carbons (Fsp3) is 0.955. The van der Waals surface area contributed by atoms with Gasteiger partial charge < -0.3 is 19.7 Å². The van der Waals surface area contributed by atoms with Gasteiger partial charge in [0.1, 0.15) is 6.79 Å². The first-order valence-electron chi connectivity index (χ1n) is 11.1. The van der Waals surface area contributed by atoms with Crippen molar-refractivity contribution in [3.8, 4) is 0 Å². The molecule has 2 N–H and O–H groups in total. The average Bonchev–Trinajstić information content (AvgIpc) is 3.00. The number of carboxylic acid groups (broad SMARTS) is 1. The predicted octanol–water partition coefficient (Wildman–Crippen LogP) is 5.15. The molecule has 5 heteroatoms. The Labute approximate surface area is 165 Å². The molecule has 1 rings (SSSR count). The quantitative estimate of drug-likeness (QED) is 0.267. The minimum absolute atomic E-state index is 0.0192. The van der Waals surface area contributed by atoms with Crippen molar-refractivity contribution in [2.24, 2.45) is 11.8 Å². The van der Waals surface area contributed by atoms with Crippen molar-refractivity contribution in [2.45, 2.75) is 109 Å². The van der Waals surface area contributed by atoms with E-state index in [2.05, 4.69) is 6.92 Å². The molecule has 5 nitrogen and oxygen atoms in total. The monoisotopic (exact) mass is 386 g/mol. The van der Waals surface area contributed by atoms with Crippen LogP contribution in [-0.2, 0) is 14.3 Å². The molecule has 0 amide bonds. The molecule has 0 spiro atoms. The third kappa shape index (κ3) is 10.5. The van der Waals surface area contributed by atoms with Crippen molar-refractivity contribution in [3.05, 3.63) is 0 Å². The summed E-state index contributed by atoms with van der Waals surface area (Å²) in [5.41, 5.74) is 0. The van der Waals surface area contributed by atoms with Gasteiger partial charge in [-0.15, -0.1) is 0 Å². The van der Waals surface area contributed by atoms with Crippen LogP contribution in [0, 0.1) is 11.8 Å². The van der Waals surface area contributed by atoms with E-state index in [1.165, 1.54) is 58.5 Å². The Morgan fingerprint density at radius 3 is 2.37 bits per heavy atom. The van der Waals surface area contributed by atoms with Crippen molar-refractivity contribution in [1.29, 1.82) is 0 Å². The minimum atomic E-state index is -0.919. The number of unbranched alkanes of at least 4 members (excludes halogenated alkanes) is 7. The highest BCUT2D eigenvalue weighted by Crippen LogP contribution is 2.39. The lowest BCUT2D eigenvalue weighted by Gasteiger charge is -2.22. The maximum absolute atomic E-state index is 11.1. The van der Waals surface area contributed by atoms with Gasteiger partial charge in [-0.25, -0.2) is 4.79 Å². The van der Waals surface area contributed by atoms with Crippen molar-refractivity contribution in [1.82, 2.24) is 0 Å². The number of ether oxygens (including phenoxy) is 2. The number of hydrogen-bond donors (Lipinski definition) is 2. The smallest absolute Gasteiger partial charge is 0.332 e. The zero-order chi connectivity index (χ0) is 19.9. The summed E-state index contributed by atoms with van der Waals surface area (Å²) < 4.78 is 9.97. The van der Waals surface area contributed by atoms with Gasteiger partial charge in [0.15, 0.2) is 6.10 Å². The van der Waals surface area contributed by atoms with E-state index >= 15 is 0 Å². The molecule has 0 saturated heterocycles. The lowest BCUT2D eigenvalue weighted by molar-refractivity contribution is -0.159. The zero-order valence-electron chi connectivity index (χ0n) is 17.5. The van der Waals surface area contributed by atoms with Crippen LogP contribution < -0.4 is 0 Å². The summed E-state index contributed by atoms with van der Waals surface area (Å²) in [4.78, 5) is 11.1. The molecule has 0 aromatic heterocycles. The molecule has 1 aliphatic rings. The summed E-state index contributed by atoms with van der Waals surface area (Å²) in [6, 6.07) is 0. The first-order valence-corrected chi connectivity index (χ1v) is 11.1. The van der Waals surface area contributed by atoms with Gasteiger partial charge in [-0.1, -0.05) is 71.1 Å². The lowest BCUT2D eigenvalue weighted by Crippen LogP contribution is -2.24. The highest BCUT2D eigenvalue weighted by molar-refractivity contribution is 5.72. The van der Waals surface area contributed by atoms with E-state index in [0.29, 0.717) is 18.3 Å². The molecule has 1 fully saturated rings. The number of methoxy groups -OCH3 is 1. The number of aliphatic hydroxyl groups is 1. The van der Waals surface area contributed by atoms with Gasteiger partial charge in [0.05, 0.1) is 6.10 Å². The molecule has 4 atom stereocenters. The Morgan fingerprint density at radius 1 is 1.00 bits per heavy atom. The molecule has 0 bridgehead atoms. The molecule has 0 aromatic rings. The number of rotatable bonds is 17. The SMILES string of the molecule is CCCCCCCC[C@H]1CC[C@H](O)[C@@H]1CCCCCC(OCOC)C(=O)O. The van der Waals surface area contributed by atoms with Crippen molar-refractivity contribution >= 4 is 5.97 Å². The molecule has 0 radical (unpaired) electrons. The topological polar surface area (TPSA) is 76.0 Å². The van der Waals surface area contributed by atoms with E-state index in [9.17, 15) is 9.90 Å². The van der Waals surface area contributed by atoms with Crippen LogP contribution in [0.1, 0.15) is 96.8 Å². The first kappa shape index (κ1) is 24.4. The summed E-state index contributed by atoms with van der Waals surface area (Å²) in [5, 5.41) is 19.5. The highest BCUT2D eigenvalue weighted by Gasteiger charge is 2.33. The van der Waals surface area contributed by atoms with Crippen LogP contribution in [0.4, 0.5) is 0 Å². The van der Waals surface area contributed by atoms with Gasteiger partial charge in [0.25, 0.3) is 0 Å². The summed E-state index contributed by atoms with van der Waals surface area (Å²) in [6.45, 7) is 2.27. The Kier molecular flexibility index (Phi) is 13.8. The van der Waals surface area contributed by atoms with Crippen LogP contribution in [0.15, 0.2) is 0 Å². The fourth-order valence-corrected chi connectivity index (χ4v) is 4.42. The zero-order valence-corrected chi connectivity index (χ0v) is 17.5. The van der Waals surface area contributed by atoms with Gasteiger partial charge in [-0.05, 0) is 37.5 Å². The molecule has 27 heavy (non-hydrogen) atoms. The van der Waals surface area contributed by atoms with Gasteiger partial charge in [-0.3, -0.25) is 0 Å². The molecular formula is C22H42O5. The molecule has 0 aromatic carbocycles. The Bertz CT molecular complexity index is 374. The number of carboxylic acids is 1. The third-order valence-electron chi connectivity index (χ3n) is 6.03. The molecule has 1 unspecified atom stereocenters. The third-order valence-corrected chi connectivity index (χ3v) is 6.03. The van der Waals surface area contributed by atoms with Crippen LogP contribution in [0.25, 0.3) is 0 Å². The van der Waals surface area contributed by atoms with Crippen LogP contribution in [0.2, 0.25) is 0 Å². The van der Waals surface area contributed by atoms with E-state index in [4.69, 9.17) is 14.6 Å². The maximum Gasteiger partial charge on any atom is 0.332 e. The minimum Gasteiger partial charge on any atom is -0.479 e. The summed E-state index contributed by atoms with van der Waals surface area (Å²) >= 11 is 0. The molecule has 160 valence electrons. The largest absolute Gasteiger partial charge is 0.479 e. The number of aliphatic carboxylic acids is 1. The van der Waals surface area contributed by atoms with Crippen LogP contribution in [-0.4, -0.2) is 42.3 Å². The summed E-state index contributed by atoms with van der Waals surface area (Å²) in [6.07, 6.45) is 15.0.